The molecule has 0 bridgehead atoms. The van der Waals surface area contributed by atoms with Crippen molar-refractivity contribution in [2.24, 2.45) is 0 Å². The molecule has 15 heavy (non-hydrogen) atoms. The third-order valence-corrected chi connectivity index (χ3v) is 3.31. The molecular weight excluding hydrogens is 190 g/mol. The van der Waals surface area contributed by atoms with Gasteiger partial charge in [-0.15, -0.1) is 0 Å². The molecule has 1 saturated heterocycles. The molecule has 0 atom stereocenters. The largest absolute Gasteiger partial charge is 0.341 e. The maximum atomic E-state index is 11.4. The molecule has 1 heterocycles. The van der Waals surface area contributed by atoms with Crippen molar-refractivity contribution in [3.63, 3.8) is 0 Å². The number of carbonyl (C=O) groups is 1. The van der Waals surface area contributed by atoms with Crippen LogP contribution in [0, 0.1) is 0 Å². The minimum Gasteiger partial charge on any atom is -0.341 e. The number of likely N-dealkylation sites (tertiary alicyclic amines) is 1. The molecule has 0 radical (unpaired) electrons. The predicted octanol–water partition coefficient (Wildman–Crippen LogP) is 1.13. The molecule has 88 valence electrons. The summed E-state index contributed by atoms with van der Waals surface area (Å²) >= 11 is 0. The predicted molar refractivity (Wildman–Crippen MR) is 61.9 cm³/mol. The standard InChI is InChI=1S/C11H23N3O/c1-9(2)14-7-5-10(6-8-14)13(4)11(15)12-3/h9-10H,5-8H2,1-4H3,(H,12,15). The summed E-state index contributed by atoms with van der Waals surface area (Å²) in [5.41, 5.74) is 0. The van der Waals surface area contributed by atoms with Gasteiger partial charge in [0.15, 0.2) is 0 Å². The molecule has 4 nitrogen and oxygen atoms in total. The zero-order valence-electron chi connectivity index (χ0n) is 10.3. The fourth-order valence-electron chi connectivity index (χ4n) is 2.13. The van der Waals surface area contributed by atoms with Gasteiger partial charge in [-0.1, -0.05) is 0 Å². The Morgan fingerprint density at radius 1 is 1.40 bits per heavy atom. The molecule has 0 saturated carbocycles. The Labute approximate surface area is 92.6 Å². The van der Waals surface area contributed by atoms with E-state index in [0.29, 0.717) is 12.1 Å². The summed E-state index contributed by atoms with van der Waals surface area (Å²) in [6.07, 6.45) is 2.17. The van der Waals surface area contributed by atoms with Gasteiger partial charge in [0.05, 0.1) is 0 Å². The lowest BCUT2D eigenvalue weighted by molar-refractivity contribution is 0.117. The van der Waals surface area contributed by atoms with E-state index >= 15 is 0 Å². The van der Waals surface area contributed by atoms with Crippen LogP contribution in [0.25, 0.3) is 0 Å². The van der Waals surface area contributed by atoms with Crippen molar-refractivity contribution in [1.29, 1.82) is 0 Å². The van der Waals surface area contributed by atoms with E-state index in [-0.39, 0.29) is 6.03 Å². The molecule has 4 heteroatoms. The quantitative estimate of drug-likeness (QED) is 0.746. The molecule has 0 aliphatic carbocycles. The maximum absolute atomic E-state index is 11.4. The van der Waals surface area contributed by atoms with Crippen LogP contribution in [-0.4, -0.2) is 55.1 Å². The Hall–Kier alpha value is -0.770. The molecule has 0 unspecified atom stereocenters. The van der Waals surface area contributed by atoms with Gasteiger partial charge in [-0.05, 0) is 26.7 Å². The molecular formula is C11H23N3O. The van der Waals surface area contributed by atoms with E-state index < -0.39 is 0 Å². The highest BCUT2D eigenvalue weighted by Gasteiger charge is 2.25. The van der Waals surface area contributed by atoms with Crippen molar-refractivity contribution in [2.45, 2.75) is 38.8 Å². The second-order valence-electron chi connectivity index (χ2n) is 4.53. The number of carbonyl (C=O) groups excluding carboxylic acids is 1. The minimum atomic E-state index is 0.0259. The van der Waals surface area contributed by atoms with Gasteiger partial charge in [-0.3, -0.25) is 0 Å². The summed E-state index contributed by atoms with van der Waals surface area (Å²) in [6.45, 7) is 6.65. The summed E-state index contributed by atoms with van der Waals surface area (Å²) in [5.74, 6) is 0. The highest BCUT2D eigenvalue weighted by molar-refractivity contribution is 5.73. The zero-order valence-corrected chi connectivity index (χ0v) is 10.3. The summed E-state index contributed by atoms with van der Waals surface area (Å²) in [5, 5.41) is 2.67. The lowest BCUT2D eigenvalue weighted by atomic mass is 10.0. The molecule has 0 aromatic carbocycles. The molecule has 1 aliphatic heterocycles. The molecule has 1 rings (SSSR count). The van der Waals surface area contributed by atoms with Crippen molar-refractivity contribution in [3.05, 3.63) is 0 Å². The van der Waals surface area contributed by atoms with Crippen LogP contribution in [0.4, 0.5) is 4.79 Å². The van der Waals surface area contributed by atoms with Crippen molar-refractivity contribution in [2.75, 3.05) is 27.2 Å². The van der Waals surface area contributed by atoms with Crippen LogP contribution < -0.4 is 5.32 Å². The van der Waals surface area contributed by atoms with Crippen molar-refractivity contribution < 1.29 is 4.79 Å². The first-order valence-corrected chi connectivity index (χ1v) is 5.74. The van der Waals surface area contributed by atoms with Gasteiger partial charge in [0, 0.05) is 39.3 Å². The van der Waals surface area contributed by atoms with Crippen LogP contribution in [0.15, 0.2) is 0 Å². The monoisotopic (exact) mass is 213 g/mol. The molecule has 0 aromatic heterocycles. The number of hydrogen-bond donors (Lipinski definition) is 1. The second kappa shape index (κ2) is 5.35. The van der Waals surface area contributed by atoms with Gasteiger partial charge in [-0.2, -0.15) is 0 Å². The van der Waals surface area contributed by atoms with Gasteiger partial charge in [-0.25, -0.2) is 4.79 Å². The van der Waals surface area contributed by atoms with Crippen LogP contribution in [0.5, 0.6) is 0 Å². The maximum Gasteiger partial charge on any atom is 0.317 e. The van der Waals surface area contributed by atoms with E-state index in [1.165, 1.54) is 0 Å². The highest BCUT2D eigenvalue weighted by Crippen LogP contribution is 2.16. The normalized spacial score (nSPS) is 19.3. The van der Waals surface area contributed by atoms with Crippen molar-refractivity contribution in [1.82, 2.24) is 15.1 Å². The van der Waals surface area contributed by atoms with E-state index in [0.717, 1.165) is 25.9 Å². The van der Waals surface area contributed by atoms with Gasteiger partial charge in [0.25, 0.3) is 0 Å². The lowest BCUT2D eigenvalue weighted by Crippen LogP contribution is -2.49. The van der Waals surface area contributed by atoms with E-state index in [2.05, 4.69) is 24.1 Å². The zero-order chi connectivity index (χ0) is 11.4. The number of nitrogens with zero attached hydrogens (tertiary/aromatic N) is 2. The summed E-state index contributed by atoms with van der Waals surface area (Å²) < 4.78 is 0. The Kier molecular flexibility index (Phi) is 4.39. The third kappa shape index (κ3) is 3.09. The fourth-order valence-corrected chi connectivity index (χ4v) is 2.13. The molecule has 2 amide bonds. The molecule has 0 spiro atoms. The Morgan fingerprint density at radius 2 is 1.93 bits per heavy atom. The Bertz CT molecular complexity index is 210. The SMILES string of the molecule is CNC(=O)N(C)C1CCN(C(C)C)CC1. The first kappa shape index (κ1) is 12.3. The van der Waals surface area contributed by atoms with Gasteiger partial charge >= 0.3 is 6.03 Å². The smallest absolute Gasteiger partial charge is 0.317 e. The first-order valence-electron chi connectivity index (χ1n) is 5.74. The average Bonchev–Trinajstić information content (AvgIpc) is 2.27. The number of amides is 2. The summed E-state index contributed by atoms with van der Waals surface area (Å²) in [4.78, 5) is 15.7. The summed E-state index contributed by atoms with van der Waals surface area (Å²) in [6, 6.07) is 1.05. The van der Waals surface area contributed by atoms with E-state index in [9.17, 15) is 4.79 Å². The van der Waals surface area contributed by atoms with Crippen LogP contribution in [0.2, 0.25) is 0 Å². The van der Waals surface area contributed by atoms with Gasteiger partial charge in [0.2, 0.25) is 0 Å². The minimum absolute atomic E-state index is 0.0259. The van der Waals surface area contributed by atoms with Crippen LogP contribution in [-0.2, 0) is 0 Å². The van der Waals surface area contributed by atoms with E-state index in [1.807, 2.05) is 11.9 Å². The van der Waals surface area contributed by atoms with Crippen molar-refractivity contribution in [3.8, 4) is 0 Å². The van der Waals surface area contributed by atoms with Gasteiger partial charge in [0.1, 0.15) is 0 Å². The molecule has 1 N–H and O–H groups in total. The highest BCUT2D eigenvalue weighted by atomic mass is 16.2. The Balaban J connectivity index is 2.40. The number of rotatable bonds is 2. The molecule has 0 aromatic rings. The van der Waals surface area contributed by atoms with Crippen LogP contribution >= 0.6 is 0 Å². The van der Waals surface area contributed by atoms with Crippen LogP contribution in [0.1, 0.15) is 26.7 Å². The first-order chi connectivity index (χ1) is 7.06. The molecule has 1 fully saturated rings. The number of hydrogen-bond acceptors (Lipinski definition) is 2. The average molecular weight is 213 g/mol. The van der Waals surface area contributed by atoms with E-state index in [4.69, 9.17) is 0 Å². The van der Waals surface area contributed by atoms with Crippen molar-refractivity contribution >= 4 is 6.03 Å². The fraction of sp³-hybridized carbons (Fsp3) is 0.909. The third-order valence-electron chi connectivity index (χ3n) is 3.31. The number of urea groups is 1. The Morgan fingerprint density at radius 3 is 2.33 bits per heavy atom. The van der Waals surface area contributed by atoms with Crippen LogP contribution in [0.3, 0.4) is 0 Å². The van der Waals surface area contributed by atoms with E-state index in [1.54, 1.807) is 7.05 Å². The lowest BCUT2D eigenvalue weighted by Gasteiger charge is -2.38. The topological polar surface area (TPSA) is 35.6 Å². The molecule has 1 aliphatic rings. The second-order valence-corrected chi connectivity index (χ2v) is 4.53. The van der Waals surface area contributed by atoms with Gasteiger partial charge < -0.3 is 15.1 Å². The summed E-state index contributed by atoms with van der Waals surface area (Å²) in [7, 11) is 3.57. The number of nitrogens with one attached hydrogen (secondary N) is 1. The number of piperidine rings is 1.